The van der Waals surface area contributed by atoms with E-state index in [4.69, 9.17) is 9.47 Å². The first kappa shape index (κ1) is 11.1. The molecule has 0 aromatic carbocycles. The second-order valence-corrected chi connectivity index (χ2v) is 3.62. The van der Waals surface area contributed by atoms with Crippen molar-refractivity contribution in [1.82, 2.24) is 9.55 Å². The van der Waals surface area contributed by atoms with E-state index in [9.17, 15) is 9.59 Å². The number of aryl methyl sites for hydroxylation is 1. The van der Waals surface area contributed by atoms with Gasteiger partial charge >= 0.3 is 5.69 Å². The van der Waals surface area contributed by atoms with Crippen LogP contribution in [0.1, 0.15) is 12.8 Å². The van der Waals surface area contributed by atoms with Gasteiger partial charge in [0.25, 0.3) is 5.56 Å². The molecule has 0 aliphatic carbocycles. The van der Waals surface area contributed by atoms with Gasteiger partial charge in [0.15, 0.2) is 6.29 Å². The Hall–Kier alpha value is -1.40. The van der Waals surface area contributed by atoms with Crippen molar-refractivity contribution >= 4 is 0 Å². The Morgan fingerprint density at radius 1 is 1.38 bits per heavy atom. The monoisotopic (exact) mass is 226 g/mol. The first-order valence-electron chi connectivity index (χ1n) is 5.29. The third kappa shape index (κ3) is 2.80. The van der Waals surface area contributed by atoms with Crippen LogP contribution < -0.4 is 11.2 Å². The van der Waals surface area contributed by atoms with Crippen molar-refractivity contribution in [3.05, 3.63) is 33.1 Å². The summed E-state index contributed by atoms with van der Waals surface area (Å²) in [5.41, 5.74) is -0.783. The van der Waals surface area contributed by atoms with Gasteiger partial charge in [-0.05, 0) is 6.42 Å². The molecule has 1 aliphatic rings. The molecule has 88 valence electrons. The molecule has 16 heavy (non-hydrogen) atoms. The van der Waals surface area contributed by atoms with Gasteiger partial charge in [-0.15, -0.1) is 0 Å². The maximum Gasteiger partial charge on any atom is 0.328 e. The third-order valence-corrected chi connectivity index (χ3v) is 2.40. The summed E-state index contributed by atoms with van der Waals surface area (Å²) in [6.45, 7) is 1.87. The number of rotatable bonds is 3. The van der Waals surface area contributed by atoms with Gasteiger partial charge in [0.2, 0.25) is 0 Å². The quantitative estimate of drug-likeness (QED) is 0.767. The molecule has 1 N–H and O–H groups in total. The molecule has 6 heteroatoms. The zero-order valence-electron chi connectivity index (χ0n) is 8.85. The summed E-state index contributed by atoms with van der Waals surface area (Å²) in [5, 5.41) is 0. The lowest BCUT2D eigenvalue weighted by Gasteiger charge is -2.23. The van der Waals surface area contributed by atoms with Gasteiger partial charge in [0.1, 0.15) is 0 Å². The largest absolute Gasteiger partial charge is 0.353 e. The van der Waals surface area contributed by atoms with Crippen LogP contribution in [0.15, 0.2) is 21.9 Å². The topological polar surface area (TPSA) is 73.3 Å². The van der Waals surface area contributed by atoms with Crippen molar-refractivity contribution in [3.8, 4) is 0 Å². The minimum atomic E-state index is -0.400. The van der Waals surface area contributed by atoms with Crippen LogP contribution in [0.2, 0.25) is 0 Å². The Balaban J connectivity index is 1.93. The molecule has 1 aromatic rings. The first-order chi connectivity index (χ1) is 7.75. The molecule has 6 nitrogen and oxygen atoms in total. The number of nitrogens with one attached hydrogen (secondary N) is 1. The average Bonchev–Trinajstić information content (AvgIpc) is 2.29. The van der Waals surface area contributed by atoms with Gasteiger partial charge in [-0.25, -0.2) is 4.79 Å². The third-order valence-electron chi connectivity index (χ3n) is 2.40. The lowest BCUT2D eigenvalue weighted by molar-refractivity contribution is -0.182. The summed E-state index contributed by atoms with van der Waals surface area (Å²) < 4.78 is 12.1. The fraction of sp³-hybridized carbons (Fsp3) is 0.600. The number of hydrogen-bond donors (Lipinski definition) is 1. The molecule has 0 saturated carbocycles. The van der Waals surface area contributed by atoms with E-state index in [1.165, 1.54) is 16.8 Å². The van der Waals surface area contributed by atoms with E-state index in [0.717, 1.165) is 6.42 Å². The van der Waals surface area contributed by atoms with Crippen LogP contribution in [0.5, 0.6) is 0 Å². The molecule has 1 aromatic heterocycles. The summed E-state index contributed by atoms with van der Waals surface area (Å²) in [7, 11) is 0. The average molecular weight is 226 g/mol. The number of aromatic amines is 1. The van der Waals surface area contributed by atoms with E-state index in [2.05, 4.69) is 4.98 Å². The van der Waals surface area contributed by atoms with Crippen LogP contribution in [0.3, 0.4) is 0 Å². The second-order valence-electron chi connectivity index (χ2n) is 3.62. The van der Waals surface area contributed by atoms with Gasteiger partial charge in [0, 0.05) is 25.2 Å². The van der Waals surface area contributed by atoms with Crippen molar-refractivity contribution in [3.63, 3.8) is 0 Å². The molecule has 1 fully saturated rings. The summed E-state index contributed by atoms with van der Waals surface area (Å²) >= 11 is 0. The molecule has 0 amide bonds. The zero-order chi connectivity index (χ0) is 11.4. The Morgan fingerprint density at radius 3 is 2.81 bits per heavy atom. The van der Waals surface area contributed by atoms with Crippen LogP contribution in [-0.2, 0) is 16.0 Å². The molecule has 0 radical (unpaired) electrons. The lowest BCUT2D eigenvalue weighted by Crippen LogP contribution is -2.31. The van der Waals surface area contributed by atoms with Crippen LogP contribution >= 0.6 is 0 Å². The SMILES string of the molecule is O=c1ccn(CCC2OCCCO2)c(=O)[nH]1. The number of hydrogen-bond acceptors (Lipinski definition) is 4. The molecule has 0 bridgehead atoms. The highest BCUT2D eigenvalue weighted by Crippen LogP contribution is 2.08. The second kappa shape index (κ2) is 5.09. The Labute approximate surface area is 91.8 Å². The fourth-order valence-corrected chi connectivity index (χ4v) is 1.57. The van der Waals surface area contributed by atoms with Crippen LogP contribution in [0.4, 0.5) is 0 Å². The highest BCUT2D eigenvalue weighted by molar-refractivity contribution is 4.82. The van der Waals surface area contributed by atoms with Crippen LogP contribution in [-0.4, -0.2) is 29.1 Å². The molecule has 2 heterocycles. The van der Waals surface area contributed by atoms with Gasteiger partial charge in [-0.1, -0.05) is 0 Å². The van der Waals surface area contributed by atoms with Crippen molar-refractivity contribution in [1.29, 1.82) is 0 Å². The molecule has 1 saturated heterocycles. The van der Waals surface area contributed by atoms with Crippen molar-refractivity contribution < 1.29 is 9.47 Å². The number of H-pyrrole nitrogens is 1. The molecule has 1 aliphatic heterocycles. The molecule has 2 rings (SSSR count). The standard InChI is InChI=1S/C10H14N2O4/c13-8-2-4-12(10(14)11-8)5-3-9-15-6-1-7-16-9/h2,4,9H,1,3,5-7H2,(H,11,13,14). The smallest absolute Gasteiger partial charge is 0.328 e. The molecule has 0 spiro atoms. The van der Waals surface area contributed by atoms with E-state index in [0.29, 0.717) is 26.2 Å². The van der Waals surface area contributed by atoms with Crippen molar-refractivity contribution in [2.45, 2.75) is 25.7 Å². The Kier molecular flexibility index (Phi) is 3.53. The van der Waals surface area contributed by atoms with Crippen LogP contribution in [0.25, 0.3) is 0 Å². The van der Waals surface area contributed by atoms with Crippen LogP contribution in [0, 0.1) is 0 Å². The zero-order valence-corrected chi connectivity index (χ0v) is 8.85. The summed E-state index contributed by atoms with van der Waals surface area (Å²) in [6.07, 6.45) is 2.75. The Morgan fingerprint density at radius 2 is 2.12 bits per heavy atom. The lowest BCUT2D eigenvalue weighted by atomic mass is 10.3. The van der Waals surface area contributed by atoms with Gasteiger partial charge < -0.3 is 14.0 Å². The van der Waals surface area contributed by atoms with E-state index in [1.807, 2.05) is 0 Å². The predicted molar refractivity (Wildman–Crippen MR) is 56.2 cm³/mol. The molecule has 0 unspecified atom stereocenters. The minimum absolute atomic E-state index is 0.243. The maximum atomic E-state index is 11.3. The normalized spacial score (nSPS) is 17.5. The minimum Gasteiger partial charge on any atom is -0.353 e. The first-order valence-corrected chi connectivity index (χ1v) is 5.29. The molecular weight excluding hydrogens is 212 g/mol. The van der Waals surface area contributed by atoms with Crippen molar-refractivity contribution in [2.75, 3.05) is 13.2 Å². The molecule has 0 atom stereocenters. The summed E-state index contributed by atoms with van der Waals surface area (Å²) in [6, 6.07) is 1.32. The number of ether oxygens (including phenoxy) is 2. The van der Waals surface area contributed by atoms with E-state index >= 15 is 0 Å². The predicted octanol–water partition coefficient (Wildman–Crippen LogP) is -0.310. The van der Waals surface area contributed by atoms with Crippen molar-refractivity contribution in [2.24, 2.45) is 0 Å². The van der Waals surface area contributed by atoms with Gasteiger partial charge in [-0.3, -0.25) is 9.78 Å². The highest BCUT2D eigenvalue weighted by atomic mass is 16.7. The summed E-state index contributed by atoms with van der Waals surface area (Å²) in [4.78, 5) is 24.4. The molecular formula is C10H14N2O4. The van der Waals surface area contributed by atoms with Gasteiger partial charge in [-0.2, -0.15) is 0 Å². The fourth-order valence-electron chi connectivity index (χ4n) is 1.57. The van der Waals surface area contributed by atoms with E-state index in [1.54, 1.807) is 0 Å². The maximum absolute atomic E-state index is 11.3. The van der Waals surface area contributed by atoms with E-state index < -0.39 is 5.69 Å². The van der Waals surface area contributed by atoms with E-state index in [-0.39, 0.29) is 11.8 Å². The summed E-state index contributed by atoms with van der Waals surface area (Å²) in [5.74, 6) is 0. The Bertz CT molecular complexity index is 445. The highest BCUT2D eigenvalue weighted by Gasteiger charge is 2.13. The van der Waals surface area contributed by atoms with Gasteiger partial charge in [0.05, 0.1) is 13.2 Å². The number of nitrogens with zero attached hydrogens (tertiary/aromatic N) is 1. The number of aromatic nitrogens is 2.